The molecule has 0 radical (unpaired) electrons. The van der Waals surface area contributed by atoms with E-state index in [4.69, 9.17) is 13.2 Å². The lowest BCUT2D eigenvalue weighted by Gasteiger charge is -2.42. The molecule has 9 rings (SSSR count). The quantitative estimate of drug-likeness (QED) is 0.152. The first-order valence-corrected chi connectivity index (χ1v) is 20.8. The predicted octanol–water partition coefficient (Wildman–Crippen LogP) is 6.90. The number of aromatic nitrogens is 3. The molecule has 0 spiro atoms. The summed E-state index contributed by atoms with van der Waals surface area (Å²) in [6.45, 7) is 5.42. The van der Waals surface area contributed by atoms with E-state index in [0.29, 0.717) is 55.3 Å². The Hall–Kier alpha value is -5.57. The number of halogens is 2. The number of fused-ring (bicyclic) bond motifs is 1. The molecular weight excluding hydrogens is 765 g/mol. The summed E-state index contributed by atoms with van der Waals surface area (Å²) < 4.78 is 56.9. The summed E-state index contributed by atoms with van der Waals surface area (Å²) >= 11 is 0. The number of aromatic hydroxyl groups is 1. The number of rotatable bonds is 8. The smallest absolute Gasteiger partial charge is 0.269 e. The molecule has 3 fully saturated rings. The van der Waals surface area contributed by atoms with Crippen LogP contribution in [0.3, 0.4) is 0 Å². The van der Waals surface area contributed by atoms with Crippen molar-refractivity contribution >= 4 is 34.0 Å². The molecule has 0 aliphatic carbocycles. The topological polar surface area (TPSA) is 128 Å². The average molecular weight is 820 g/mol. The number of anilines is 3. The van der Waals surface area contributed by atoms with Gasteiger partial charge in [0.15, 0.2) is 5.82 Å². The summed E-state index contributed by atoms with van der Waals surface area (Å²) in [5.41, 5.74) is 13.2. The van der Waals surface area contributed by atoms with Crippen molar-refractivity contribution in [2.75, 3.05) is 81.1 Å². The maximum Gasteiger partial charge on any atom is 0.269 e. The van der Waals surface area contributed by atoms with E-state index in [1.807, 2.05) is 42.2 Å². The molecule has 0 bridgehead atoms. The van der Waals surface area contributed by atoms with E-state index in [1.165, 1.54) is 4.90 Å². The first kappa shape index (κ1) is 37.4. The molecule has 60 heavy (non-hydrogen) atoms. The Kier molecular flexibility index (Phi) is 10.3. The molecule has 1 amide bonds. The van der Waals surface area contributed by atoms with Crippen LogP contribution in [0, 0.1) is 19.8 Å². The van der Waals surface area contributed by atoms with E-state index < -0.39 is 37.5 Å². The van der Waals surface area contributed by atoms with Crippen molar-refractivity contribution in [3.8, 4) is 17.0 Å². The van der Waals surface area contributed by atoms with Gasteiger partial charge in [-0.25, -0.2) is 8.78 Å². The normalized spacial score (nSPS) is 24.4. The number of likely N-dealkylation sites (tertiary alicyclic amines) is 2. The molecule has 2 aromatic heterocycles. The molecule has 0 saturated carbocycles. The fourth-order valence-electron chi connectivity index (χ4n) is 9.52. The highest BCUT2D eigenvalue weighted by Crippen LogP contribution is 2.39. The van der Waals surface area contributed by atoms with Gasteiger partial charge in [0, 0.05) is 87.5 Å². The number of ether oxygens (including phenoxy) is 1. The molecular formula is C46H53F2N9O3. The van der Waals surface area contributed by atoms with Gasteiger partial charge in [0.05, 0.1) is 43.8 Å². The van der Waals surface area contributed by atoms with Gasteiger partial charge in [-0.1, -0.05) is 30.3 Å². The minimum Gasteiger partial charge on any atom is -0.507 e. The third kappa shape index (κ3) is 7.79. The predicted molar refractivity (Wildman–Crippen MR) is 230 cm³/mol. The number of piperidine rings is 2. The molecule has 6 heterocycles. The van der Waals surface area contributed by atoms with Gasteiger partial charge in [0.2, 0.25) is 0 Å². The second-order valence-electron chi connectivity index (χ2n) is 16.5. The number of carbonyl (C=O) groups excluding carboxylic acids is 1. The Morgan fingerprint density at radius 2 is 1.83 bits per heavy atom. The van der Waals surface area contributed by atoms with Gasteiger partial charge < -0.3 is 39.7 Å². The highest BCUT2D eigenvalue weighted by Gasteiger charge is 2.46. The number of para-hydroxylation sites is 1. The van der Waals surface area contributed by atoms with Crippen LogP contribution in [0.25, 0.3) is 22.2 Å². The van der Waals surface area contributed by atoms with Crippen molar-refractivity contribution in [3.05, 3.63) is 107 Å². The third-order valence-corrected chi connectivity index (χ3v) is 12.7. The molecule has 314 valence electrons. The Labute approximate surface area is 352 Å². The number of nitrogens with one attached hydrogen (secondary N) is 1. The maximum atomic E-state index is 15.9. The average Bonchev–Trinajstić information content (AvgIpc) is 3.60. The molecule has 3 saturated heterocycles. The SMILES string of the molecule is [2H]C1C=CN(c2cccc3c2cc(C)n3C2CCN(C[C@H]3CCN(C(=O)c4ccc([C@H]5CN(c6cc(-c7ccccc7O)nnc6N)CCO5)c(C)c4)CC3(F)F)CC2)C([2H])N1. The number of aryl methyl sites for hydroxylation is 2. The van der Waals surface area contributed by atoms with Crippen LogP contribution in [0.4, 0.5) is 26.0 Å². The number of benzene rings is 3. The van der Waals surface area contributed by atoms with Crippen molar-refractivity contribution in [2.45, 2.75) is 51.2 Å². The van der Waals surface area contributed by atoms with Crippen LogP contribution in [0.2, 0.25) is 0 Å². The third-order valence-electron chi connectivity index (χ3n) is 12.7. The molecule has 3 aromatic carbocycles. The van der Waals surface area contributed by atoms with Gasteiger partial charge >= 0.3 is 0 Å². The molecule has 4 N–H and O–H groups in total. The lowest BCUT2D eigenvalue weighted by atomic mass is 9.90. The Morgan fingerprint density at radius 1 is 1.00 bits per heavy atom. The number of phenols is 1. The van der Waals surface area contributed by atoms with Crippen LogP contribution in [-0.4, -0.2) is 107 Å². The number of hydrogen-bond acceptors (Lipinski definition) is 10. The van der Waals surface area contributed by atoms with E-state index in [9.17, 15) is 9.90 Å². The van der Waals surface area contributed by atoms with E-state index in [-0.39, 0.29) is 43.2 Å². The van der Waals surface area contributed by atoms with Crippen molar-refractivity contribution in [1.29, 1.82) is 0 Å². The van der Waals surface area contributed by atoms with E-state index in [2.05, 4.69) is 48.9 Å². The second-order valence-corrected chi connectivity index (χ2v) is 16.5. The van der Waals surface area contributed by atoms with Gasteiger partial charge in [-0.05, 0) is 92.8 Å². The number of amides is 1. The van der Waals surface area contributed by atoms with E-state index >= 15 is 8.78 Å². The first-order chi connectivity index (χ1) is 29.8. The summed E-state index contributed by atoms with van der Waals surface area (Å²) in [6, 6.07) is 22.5. The molecule has 4 aliphatic rings. The van der Waals surface area contributed by atoms with Crippen LogP contribution in [0.5, 0.6) is 5.75 Å². The zero-order valence-corrected chi connectivity index (χ0v) is 34.0. The molecule has 4 aliphatic heterocycles. The van der Waals surface area contributed by atoms with Gasteiger partial charge in [-0.15, -0.1) is 10.2 Å². The first-order valence-electron chi connectivity index (χ1n) is 22.0. The van der Waals surface area contributed by atoms with Gasteiger partial charge in [0.25, 0.3) is 11.8 Å². The minimum absolute atomic E-state index is 0.0931. The zero-order chi connectivity index (χ0) is 43.3. The molecule has 2 unspecified atom stereocenters. The Bertz CT molecular complexity index is 2500. The Balaban J connectivity index is 0.807. The van der Waals surface area contributed by atoms with Gasteiger partial charge in [-0.3, -0.25) is 10.1 Å². The number of morpholine rings is 1. The minimum atomic E-state index is -3.03. The summed E-state index contributed by atoms with van der Waals surface area (Å²) in [4.78, 5) is 21.1. The fourth-order valence-corrected chi connectivity index (χ4v) is 9.52. The van der Waals surface area contributed by atoms with E-state index in [1.54, 1.807) is 42.6 Å². The lowest BCUT2D eigenvalue weighted by molar-refractivity contribution is -0.111. The lowest BCUT2D eigenvalue weighted by Crippen LogP contribution is -2.54. The number of nitrogen functional groups attached to an aromatic ring is 1. The second kappa shape index (κ2) is 16.5. The van der Waals surface area contributed by atoms with Crippen LogP contribution in [0.1, 0.15) is 61.3 Å². The molecule has 5 aromatic rings. The molecule has 4 atom stereocenters. The number of phenolic OH excluding ortho intramolecular Hbond substituents is 1. The molecule has 12 nitrogen and oxygen atoms in total. The highest BCUT2D eigenvalue weighted by molar-refractivity contribution is 5.95. The standard InChI is InChI=1S/C46H53F2N9O3/c1-30-23-32(11-12-35(30)43-27-54(21-22-60-43)41-25-38(51-52-44(41)49)36-7-3-4-10-42(36)58)45(59)55-20-13-33(46(47,48)28-55)26-53-18-14-34(15-19-53)57-31(2)24-37-39(8-5-9-40(37)57)56-17-6-16-50-29-56/h3-12,17,23-25,33-34,43,50,58H,13-16,18-22,26-29H2,1-2H3,(H2,49,52)/t33-,43-/m1/s1/i16D,29D/t16?,29?,33-,43-. The van der Waals surface area contributed by atoms with Gasteiger partial charge in [0.1, 0.15) is 11.9 Å². The number of hydrogen-bond donors (Lipinski definition) is 3. The molecule has 14 heteroatoms. The summed E-state index contributed by atoms with van der Waals surface area (Å²) in [5, 5.41) is 22.7. The largest absolute Gasteiger partial charge is 0.507 e. The highest BCUT2D eigenvalue weighted by atomic mass is 19.3. The van der Waals surface area contributed by atoms with Crippen LogP contribution in [0.15, 0.2) is 85.1 Å². The number of carbonyl (C=O) groups is 1. The Morgan fingerprint density at radius 3 is 2.62 bits per heavy atom. The number of nitrogens with zero attached hydrogens (tertiary/aromatic N) is 7. The van der Waals surface area contributed by atoms with Crippen molar-refractivity contribution in [2.24, 2.45) is 5.92 Å². The number of nitrogens with two attached hydrogens (primary N) is 1. The van der Waals surface area contributed by atoms with Crippen molar-refractivity contribution in [3.63, 3.8) is 0 Å². The summed E-state index contributed by atoms with van der Waals surface area (Å²) in [5.74, 6) is -3.92. The van der Waals surface area contributed by atoms with Gasteiger partial charge in [-0.2, -0.15) is 0 Å². The monoisotopic (exact) mass is 819 g/mol. The maximum absolute atomic E-state index is 15.9. The summed E-state index contributed by atoms with van der Waals surface area (Å²) in [6.07, 6.45) is 5.08. The van der Waals surface area contributed by atoms with Crippen LogP contribution in [-0.2, 0) is 4.74 Å². The zero-order valence-electron chi connectivity index (χ0n) is 36.0. The van der Waals surface area contributed by atoms with Crippen LogP contribution < -0.4 is 20.9 Å². The summed E-state index contributed by atoms with van der Waals surface area (Å²) in [7, 11) is 0. The fraction of sp³-hybridized carbons (Fsp3) is 0.413. The van der Waals surface area contributed by atoms with Crippen LogP contribution >= 0.6 is 0 Å². The number of alkyl halides is 2. The van der Waals surface area contributed by atoms with Crippen molar-refractivity contribution in [1.82, 2.24) is 29.9 Å². The van der Waals surface area contributed by atoms with Crippen molar-refractivity contribution < 1.29 is 26.2 Å². The van der Waals surface area contributed by atoms with E-state index in [0.717, 1.165) is 46.3 Å².